The Kier molecular flexibility index (Phi) is 2.17. The van der Waals surface area contributed by atoms with E-state index in [0.29, 0.717) is 11.8 Å². The maximum Gasteiger partial charge on any atom is 0.120 e. The highest BCUT2D eigenvalue weighted by Gasteiger charge is 2.32. The number of phenolic OH excluding ortho intramolecular Hbond substituents is 1. The molecule has 15 heavy (non-hydrogen) atoms. The minimum Gasteiger partial charge on any atom is -0.508 e. The molecule has 1 atom stereocenters. The van der Waals surface area contributed by atoms with E-state index in [0.717, 1.165) is 12.5 Å². The molecule has 1 fully saturated rings. The average Bonchev–Trinajstić information content (AvgIpc) is 2.85. The van der Waals surface area contributed by atoms with Gasteiger partial charge in [0.25, 0.3) is 0 Å². The summed E-state index contributed by atoms with van der Waals surface area (Å²) in [5.74, 6) is 1.22. The van der Waals surface area contributed by atoms with Crippen LogP contribution in [0, 0.1) is 5.92 Å². The summed E-state index contributed by atoms with van der Waals surface area (Å²) in [6.07, 6.45) is 5.33. The fourth-order valence-electron chi connectivity index (χ4n) is 3.13. The first-order valence-electron chi connectivity index (χ1n) is 5.90. The Morgan fingerprint density at radius 1 is 1.20 bits per heavy atom. The van der Waals surface area contributed by atoms with Crippen LogP contribution in [0.3, 0.4) is 0 Å². The maximum atomic E-state index is 9.92. The van der Waals surface area contributed by atoms with Crippen LogP contribution in [0.1, 0.15) is 42.9 Å². The number of benzene rings is 1. The van der Waals surface area contributed by atoms with E-state index in [-0.39, 0.29) is 0 Å². The van der Waals surface area contributed by atoms with Crippen LogP contribution in [0.2, 0.25) is 0 Å². The van der Waals surface area contributed by atoms with Crippen molar-refractivity contribution in [2.45, 2.75) is 38.3 Å². The molecule has 2 nitrogen and oxygen atoms in total. The van der Waals surface area contributed by atoms with Gasteiger partial charge >= 0.3 is 0 Å². The predicted octanol–water partition coefficient (Wildman–Crippen LogP) is 2.73. The molecule has 1 aliphatic heterocycles. The van der Waals surface area contributed by atoms with Crippen LogP contribution in [0.4, 0.5) is 0 Å². The van der Waals surface area contributed by atoms with Crippen molar-refractivity contribution in [3.8, 4) is 5.75 Å². The summed E-state index contributed by atoms with van der Waals surface area (Å²) in [6, 6.07) is 6.28. The summed E-state index contributed by atoms with van der Waals surface area (Å²) in [6.45, 7) is 0.922. The number of rotatable bonds is 1. The molecule has 0 saturated heterocycles. The zero-order valence-electron chi connectivity index (χ0n) is 8.87. The van der Waals surface area contributed by atoms with E-state index in [2.05, 4.69) is 11.4 Å². The molecule has 1 heterocycles. The summed E-state index contributed by atoms with van der Waals surface area (Å²) in [4.78, 5) is 0. The summed E-state index contributed by atoms with van der Waals surface area (Å²) in [5.41, 5.74) is 2.45. The molecule has 3 rings (SSSR count). The van der Waals surface area contributed by atoms with Crippen LogP contribution in [-0.4, -0.2) is 5.11 Å². The summed E-state index contributed by atoms with van der Waals surface area (Å²) >= 11 is 0. The van der Waals surface area contributed by atoms with Crippen LogP contribution in [0.25, 0.3) is 0 Å². The smallest absolute Gasteiger partial charge is 0.120 e. The van der Waals surface area contributed by atoms with Crippen molar-refractivity contribution in [3.63, 3.8) is 0 Å². The predicted molar refractivity (Wildman–Crippen MR) is 59.6 cm³/mol. The standard InChI is InChI=1S/C13H17NO/c15-11-7-3-6-10-8-14-13(12(10)11)9-4-1-2-5-9/h3,6-7,9,13-15H,1-2,4-5,8H2. The summed E-state index contributed by atoms with van der Waals surface area (Å²) < 4.78 is 0. The SMILES string of the molecule is Oc1cccc2c1C(C1CCCC1)NC2. The lowest BCUT2D eigenvalue weighted by molar-refractivity contribution is 0.375. The highest BCUT2D eigenvalue weighted by Crippen LogP contribution is 2.43. The highest BCUT2D eigenvalue weighted by molar-refractivity contribution is 5.44. The lowest BCUT2D eigenvalue weighted by Gasteiger charge is -2.20. The van der Waals surface area contributed by atoms with Gasteiger partial charge in [-0.2, -0.15) is 0 Å². The first-order chi connectivity index (χ1) is 7.36. The zero-order valence-corrected chi connectivity index (χ0v) is 8.87. The molecule has 80 valence electrons. The van der Waals surface area contributed by atoms with Gasteiger partial charge in [0.05, 0.1) is 0 Å². The molecule has 2 N–H and O–H groups in total. The van der Waals surface area contributed by atoms with Gasteiger partial charge < -0.3 is 10.4 Å². The number of nitrogens with one attached hydrogen (secondary N) is 1. The van der Waals surface area contributed by atoms with Crippen LogP contribution < -0.4 is 5.32 Å². The van der Waals surface area contributed by atoms with Crippen LogP contribution in [0.5, 0.6) is 5.75 Å². The third-order valence-corrected chi connectivity index (χ3v) is 3.87. The van der Waals surface area contributed by atoms with Crippen molar-refractivity contribution < 1.29 is 5.11 Å². The monoisotopic (exact) mass is 203 g/mol. The van der Waals surface area contributed by atoms with Gasteiger partial charge in [0.2, 0.25) is 0 Å². The van der Waals surface area contributed by atoms with Gasteiger partial charge in [-0.3, -0.25) is 0 Å². The largest absolute Gasteiger partial charge is 0.508 e. The van der Waals surface area contributed by atoms with Crippen molar-refractivity contribution in [1.29, 1.82) is 0 Å². The average molecular weight is 203 g/mol. The molecule has 1 aromatic carbocycles. The Hall–Kier alpha value is -1.02. The Morgan fingerprint density at radius 3 is 2.80 bits per heavy atom. The zero-order chi connectivity index (χ0) is 10.3. The Bertz CT molecular complexity index is 369. The van der Waals surface area contributed by atoms with E-state index in [1.165, 1.54) is 36.8 Å². The van der Waals surface area contributed by atoms with Gasteiger partial charge in [0, 0.05) is 18.2 Å². The van der Waals surface area contributed by atoms with E-state index in [1.54, 1.807) is 0 Å². The lowest BCUT2D eigenvalue weighted by Crippen LogP contribution is -2.19. The molecular formula is C13H17NO. The van der Waals surface area contributed by atoms with Gasteiger partial charge in [0.1, 0.15) is 5.75 Å². The third kappa shape index (κ3) is 1.44. The van der Waals surface area contributed by atoms with E-state index < -0.39 is 0 Å². The first kappa shape index (κ1) is 9.22. The van der Waals surface area contributed by atoms with E-state index >= 15 is 0 Å². The third-order valence-electron chi connectivity index (χ3n) is 3.87. The second kappa shape index (κ2) is 3.53. The van der Waals surface area contributed by atoms with Crippen LogP contribution >= 0.6 is 0 Å². The normalized spacial score (nSPS) is 25.7. The number of fused-ring (bicyclic) bond motifs is 1. The van der Waals surface area contributed by atoms with Gasteiger partial charge in [-0.15, -0.1) is 0 Å². The summed E-state index contributed by atoms with van der Waals surface area (Å²) in [7, 11) is 0. The number of hydrogen-bond acceptors (Lipinski definition) is 2. The quantitative estimate of drug-likeness (QED) is 0.735. The van der Waals surface area contributed by atoms with E-state index in [4.69, 9.17) is 0 Å². The van der Waals surface area contributed by atoms with Gasteiger partial charge in [0.15, 0.2) is 0 Å². The fraction of sp³-hybridized carbons (Fsp3) is 0.538. The summed E-state index contributed by atoms with van der Waals surface area (Å²) in [5, 5.41) is 13.5. The molecule has 0 spiro atoms. The topological polar surface area (TPSA) is 32.3 Å². The minimum atomic E-state index is 0.406. The first-order valence-corrected chi connectivity index (χ1v) is 5.90. The molecule has 1 aliphatic carbocycles. The minimum absolute atomic E-state index is 0.406. The fourth-order valence-corrected chi connectivity index (χ4v) is 3.13. The molecule has 0 amide bonds. The molecule has 0 radical (unpaired) electrons. The molecule has 1 aromatic rings. The highest BCUT2D eigenvalue weighted by atomic mass is 16.3. The molecule has 1 unspecified atom stereocenters. The Labute approximate surface area is 90.3 Å². The number of hydrogen-bond donors (Lipinski definition) is 2. The van der Waals surface area contributed by atoms with Gasteiger partial charge in [-0.25, -0.2) is 0 Å². The Balaban J connectivity index is 1.96. The number of phenols is 1. The maximum absolute atomic E-state index is 9.92. The second-order valence-electron chi connectivity index (χ2n) is 4.75. The molecule has 2 heteroatoms. The second-order valence-corrected chi connectivity index (χ2v) is 4.75. The molecule has 2 aliphatic rings. The van der Waals surface area contributed by atoms with Crippen molar-refractivity contribution in [3.05, 3.63) is 29.3 Å². The molecular weight excluding hydrogens is 186 g/mol. The van der Waals surface area contributed by atoms with E-state index in [9.17, 15) is 5.11 Å². The molecule has 0 aromatic heterocycles. The van der Waals surface area contributed by atoms with Crippen molar-refractivity contribution in [2.75, 3.05) is 0 Å². The van der Waals surface area contributed by atoms with Crippen LogP contribution in [-0.2, 0) is 6.54 Å². The van der Waals surface area contributed by atoms with Crippen molar-refractivity contribution in [1.82, 2.24) is 5.32 Å². The number of aromatic hydroxyl groups is 1. The molecule has 1 saturated carbocycles. The Morgan fingerprint density at radius 2 is 2.00 bits per heavy atom. The molecule has 0 bridgehead atoms. The van der Waals surface area contributed by atoms with Crippen molar-refractivity contribution >= 4 is 0 Å². The van der Waals surface area contributed by atoms with E-state index in [1.807, 2.05) is 12.1 Å². The van der Waals surface area contributed by atoms with Gasteiger partial charge in [-0.05, 0) is 30.4 Å². The lowest BCUT2D eigenvalue weighted by atomic mass is 9.91. The van der Waals surface area contributed by atoms with Gasteiger partial charge in [-0.1, -0.05) is 25.0 Å². The van der Waals surface area contributed by atoms with Crippen LogP contribution in [0.15, 0.2) is 18.2 Å². The van der Waals surface area contributed by atoms with Crippen molar-refractivity contribution in [2.24, 2.45) is 5.92 Å².